The zero-order valence-electron chi connectivity index (χ0n) is 15.4. The monoisotopic (exact) mass is 426 g/mol. The van der Waals surface area contributed by atoms with Crippen LogP contribution in [0.15, 0.2) is 59.5 Å². The van der Waals surface area contributed by atoms with Crippen LogP contribution in [0.3, 0.4) is 0 Å². The number of benzene rings is 2. The first kappa shape index (κ1) is 21.2. The molecule has 0 saturated heterocycles. The summed E-state index contributed by atoms with van der Waals surface area (Å²) in [5, 5.41) is 2.61. The van der Waals surface area contributed by atoms with E-state index in [1.165, 1.54) is 24.3 Å². The number of hydrogen-bond acceptors (Lipinski definition) is 3. The van der Waals surface area contributed by atoms with Gasteiger partial charge in [-0.3, -0.25) is 9.52 Å². The van der Waals surface area contributed by atoms with Gasteiger partial charge in [0.2, 0.25) is 5.91 Å². The van der Waals surface area contributed by atoms with Crippen LogP contribution in [0.4, 0.5) is 24.5 Å². The molecule has 2 aromatic carbocycles. The minimum absolute atomic E-state index is 0.0457. The lowest BCUT2D eigenvalue weighted by Gasteiger charge is -2.29. The maximum absolute atomic E-state index is 13.0. The average Bonchev–Trinajstić information content (AvgIpc) is 2.68. The van der Waals surface area contributed by atoms with Crippen molar-refractivity contribution in [2.45, 2.75) is 36.8 Å². The Hall–Kier alpha value is -2.55. The number of nitrogens with one attached hydrogen (secondary N) is 2. The molecule has 2 atom stereocenters. The lowest BCUT2D eigenvalue weighted by Crippen LogP contribution is -2.34. The fourth-order valence-electron chi connectivity index (χ4n) is 3.44. The van der Waals surface area contributed by atoms with Crippen molar-refractivity contribution in [1.82, 2.24) is 0 Å². The molecule has 0 bridgehead atoms. The second-order valence-corrected chi connectivity index (χ2v) is 8.77. The molecule has 9 heteroatoms. The van der Waals surface area contributed by atoms with Gasteiger partial charge in [0.25, 0.3) is 10.0 Å². The molecule has 0 spiro atoms. The van der Waals surface area contributed by atoms with Gasteiger partial charge in [-0.15, -0.1) is 0 Å². The van der Waals surface area contributed by atoms with E-state index in [2.05, 4.69) is 10.0 Å². The minimum atomic E-state index is -4.30. The van der Waals surface area contributed by atoms with Crippen LogP contribution in [-0.4, -0.2) is 20.5 Å². The second kappa shape index (κ2) is 8.44. The molecule has 2 N–H and O–H groups in total. The third kappa shape index (κ3) is 5.50. The van der Waals surface area contributed by atoms with Crippen molar-refractivity contribution < 1.29 is 26.4 Å². The Balaban J connectivity index is 1.68. The summed E-state index contributed by atoms with van der Waals surface area (Å²) in [5.41, 5.74) is 0.556. The van der Waals surface area contributed by atoms with E-state index in [0.717, 1.165) is 0 Å². The van der Waals surface area contributed by atoms with Gasteiger partial charge < -0.3 is 5.32 Å². The number of hydrogen-bond donors (Lipinski definition) is 2. The molecule has 0 heterocycles. The van der Waals surface area contributed by atoms with Gasteiger partial charge in [-0.05, 0) is 49.6 Å². The van der Waals surface area contributed by atoms with Crippen LogP contribution in [0.25, 0.3) is 0 Å². The number of anilines is 2. The number of carbonyl (C=O) groups is 1. The van der Waals surface area contributed by atoms with Crippen molar-refractivity contribution in [2.75, 3.05) is 10.0 Å². The Morgan fingerprint density at radius 3 is 2.34 bits per heavy atom. The van der Waals surface area contributed by atoms with Crippen molar-refractivity contribution >= 4 is 27.3 Å². The number of sulfonamides is 1. The summed E-state index contributed by atoms with van der Waals surface area (Å²) < 4.78 is 66.1. The van der Waals surface area contributed by atoms with Crippen LogP contribution in [0.1, 0.15) is 25.7 Å². The van der Waals surface area contributed by atoms with Gasteiger partial charge in [-0.2, -0.15) is 13.2 Å². The van der Waals surface area contributed by atoms with Gasteiger partial charge >= 0.3 is 6.18 Å². The molecule has 1 fully saturated rings. The van der Waals surface area contributed by atoms with E-state index in [1.807, 2.05) is 0 Å². The molecule has 0 aliphatic heterocycles. The smallest absolute Gasteiger partial charge is 0.326 e. The van der Waals surface area contributed by atoms with E-state index >= 15 is 0 Å². The highest BCUT2D eigenvalue weighted by molar-refractivity contribution is 7.92. The van der Waals surface area contributed by atoms with Gasteiger partial charge in [-0.1, -0.05) is 30.7 Å². The van der Waals surface area contributed by atoms with E-state index in [4.69, 9.17) is 0 Å². The number of amides is 1. The number of carbonyl (C=O) groups excluding carboxylic acids is 1. The number of halogens is 3. The second-order valence-electron chi connectivity index (χ2n) is 7.09. The summed E-state index contributed by atoms with van der Waals surface area (Å²) >= 11 is 0. The van der Waals surface area contributed by atoms with E-state index in [1.54, 1.807) is 30.3 Å². The Labute approximate surface area is 167 Å². The van der Waals surface area contributed by atoms with Crippen molar-refractivity contribution in [3.8, 4) is 0 Å². The molecule has 2 unspecified atom stereocenters. The number of alkyl halides is 3. The minimum Gasteiger partial charge on any atom is -0.326 e. The van der Waals surface area contributed by atoms with Crippen LogP contribution in [-0.2, 0) is 14.8 Å². The Morgan fingerprint density at radius 1 is 0.966 bits per heavy atom. The SMILES string of the molecule is O=C(Nc1cccc(NS(=O)(=O)c2ccccc2)c1)C1CCCC(C(F)(F)F)C1. The first-order chi connectivity index (χ1) is 13.6. The summed E-state index contributed by atoms with van der Waals surface area (Å²) in [7, 11) is -3.79. The zero-order chi connectivity index (χ0) is 21.1. The summed E-state index contributed by atoms with van der Waals surface area (Å²) in [4.78, 5) is 12.5. The highest BCUT2D eigenvalue weighted by Crippen LogP contribution is 2.40. The third-order valence-corrected chi connectivity index (χ3v) is 6.34. The fourth-order valence-corrected chi connectivity index (χ4v) is 4.51. The van der Waals surface area contributed by atoms with Gasteiger partial charge in [0.15, 0.2) is 0 Å². The van der Waals surface area contributed by atoms with Crippen LogP contribution in [0.2, 0.25) is 0 Å². The molecule has 1 saturated carbocycles. The first-order valence-electron chi connectivity index (χ1n) is 9.21. The molecule has 156 valence electrons. The van der Waals surface area contributed by atoms with Crippen LogP contribution in [0.5, 0.6) is 0 Å². The molecule has 0 aromatic heterocycles. The predicted octanol–water partition coefficient (Wildman–Crippen LogP) is 4.79. The molecule has 0 radical (unpaired) electrons. The quantitative estimate of drug-likeness (QED) is 0.722. The van der Waals surface area contributed by atoms with E-state index < -0.39 is 33.9 Å². The maximum Gasteiger partial charge on any atom is 0.391 e. The van der Waals surface area contributed by atoms with E-state index in [-0.39, 0.29) is 23.4 Å². The largest absolute Gasteiger partial charge is 0.391 e. The van der Waals surface area contributed by atoms with Gasteiger partial charge in [0.1, 0.15) is 0 Å². The van der Waals surface area contributed by atoms with Crippen molar-refractivity contribution in [2.24, 2.45) is 11.8 Å². The normalized spacial score (nSPS) is 20.1. The van der Waals surface area contributed by atoms with Crippen LogP contribution >= 0.6 is 0 Å². The molecule has 1 aliphatic rings. The van der Waals surface area contributed by atoms with Crippen LogP contribution in [0, 0.1) is 11.8 Å². The first-order valence-corrected chi connectivity index (χ1v) is 10.7. The standard InChI is InChI=1S/C20H21F3N2O3S/c21-20(22,23)15-7-4-6-14(12-15)19(26)24-16-8-5-9-17(13-16)25-29(27,28)18-10-2-1-3-11-18/h1-3,5,8-11,13-15,25H,4,6-7,12H2,(H,24,26). The zero-order valence-corrected chi connectivity index (χ0v) is 16.3. The third-order valence-electron chi connectivity index (χ3n) is 4.94. The molecule has 1 amide bonds. The molecule has 29 heavy (non-hydrogen) atoms. The van der Waals surface area contributed by atoms with E-state index in [9.17, 15) is 26.4 Å². The molecule has 3 rings (SSSR count). The average molecular weight is 426 g/mol. The summed E-state index contributed by atoms with van der Waals surface area (Å²) in [6.07, 6.45) is -3.73. The molecule has 2 aromatic rings. The highest BCUT2D eigenvalue weighted by Gasteiger charge is 2.43. The predicted molar refractivity (Wildman–Crippen MR) is 104 cm³/mol. The van der Waals surface area contributed by atoms with Crippen molar-refractivity contribution in [1.29, 1.82) is 0 Å². The Bertz CT molecular complexity index is 962. The molecular formula is C20H21F3N2O3S. The van der Waals surface area contributed by atoms with Gasteiger partial charge in [-0.25, -0.2) is 8.42 Å². The highest BCUT2D eigenvalue weighted by atomic mass is 32.2. The maximum atomic E-state index is 13.0. The lowest BCUT2D eigenvalue weighted by atomic mass is 9.80. The Morgan fingerprint density at radius 2 is 1.66 bits per heavy atom. The number of rotatable bonds is 5. The van der Waals surface area contributed by atoms with Crippen molar-refractivity contribution in [3.63, 3.8) is 0 Å². The fraction of sp³-hybridized carbons (Fsp3) is 0.350. The molecule has 5 nitrogen and oxygen atoms in total. The lowest BCUT2D eigenvalue weighted by molar-refractivity contribution is -0.185. The summed E-state index contributed by atoms with van der Waals surface area (Å²) in [6.45, 7) is 0. The molecular weight excluding hydrogens is 405 g/mol. The van der Waals surface area contributed by atoms with Gasteiger partial charge in [0, 0.05) is 11.6 Å². The summed E-state index contributed by atoms with van der Waals surface area (Å²) in [6, 6.07) is 13.9. The van der Waals surface area contributed by atoms with Crippen molar-refractivity contribution in [3.05, 3.63) is 54.6 Å². The topological polar surface area (TPSA) is 75.3 Å². The summed E-state index contributed by atoms with van der Waals surface area (Å²) in [5.74, 6) is -2.67. The van der Waals surface area contributed by atoms with E-state index in [0.29, 0.717) is 18.5 Å². The molecule has 1 aliphatic carbocycles. The van der Waals surface area contributed by atoms with Gasteiger partial charge in [0.05, 0.1) is 16.5 Å². The Kier molecular flexibility index (Phi) is 6.16. The van der Waals surface area contributed by atoms with Crippen LogP contribution < -0.4 is 10.0 Å².